The van der Waals surface area contributed by atoms with Gasteiger partial charge in [-0.25, -0.2) is 9.37 Å². The van der Waals surface area contributed by atoms with Crippen LogP contribution in [0.3, 0.4) is 0 Å². The quantitative estimate of drug-likeness (QED) is 0.831. The highest BCUT2D eigenvalue weighted by atomic mass is 79.9. The van der Waals surface area contributed by atoms with Crippen LogP contribution in [0.1, 0.15) is 15.9 Å². The van der Waals surface area contributed by atoms with Gasteiger partial charge in [0.2, 0.25) is 0 Å². The lowest BCUT2D eigenvalue weighted by molar-refractivity contribution is 0.102. The predicted molar refractivity (Wildman–Crippen MR) is 76.0 cm³/mol. The van der Waals surface area contributed by atoms with Crippen LogP contribution in [-0.4, -0.2) is 10.9 Å². The Morgan fingerprint density at radius 2 is 2.21 bits per heavy atom. The van der Waals surface area contributed by atoms with Crippen molar-refractivity contribution in [2.45, 2.75) is 6.92 Å². The van der Waals surface area contributed by atoms with Gasteiger partial charge in [0.15, 0.2) is 0 Å². The number of carbonyl (C=O) groups is 1. The summed E-state index contributed by atoms with van der Waals surface area (Å²) < 4.78 is 13.5. The van der Waals surface area contributed by atoms with Crippen molar-refractivity contribution in [2.75, 3.05) is 5.32 Å². The molecule has 0 bridgehead atoms. The molecule has 0 aliphatic carbocycles. The largest absolute Gasteiger partial charge is 0.320 e. The molecule has 3 nitrogen and oxygen atoms in total. The van der Waals surface area contributed by atoms with Crippen LogP contribution in [0, 0.1) is 12.7 Å². The molecule has 2 rings (SSSR count). The van der Waals surface area contributed by atoms with Crippen molar-refractivity contribution in [3.05, 3.63) is 57.0 Å². The Morgan fingerprint density at radius 3 is 2.89 bits per heavy atom. The molecule has 2 aromatic rings. The third-order valence-electron chi connectivity index (χ3n) is 2.52. The van der Waals surface area contributed by atoms with Crippen molar-refractivity contribution in [3.8, 4) is 0 Å². The van der Waals surface area contributed by atoms with E-state index in [0.29, 0.717) is 10.8 Å². The van der Waals surface area contributed by atoms with Gasteiger partial charge in [0.25, 0.3) is 5.91 Å². The van der Waals surface area contributed by atoms with Gasteiger partial charge in [-0.2, -0.15) is 0 Å². The molecule has 1 N–H and O–H groups in total. The van der Waals surface area contributed by atoms with Crippen LogP contribution in [0.4, 0.5) is 10.1 Å². The Bertz CT molecular complexity index is 649. The van der Waals surface area contributed by atoms with E-state index >= 15 is 0 Å². The number of hydrogen-bond acceptors (Lipinski definition) is 2. The van der Waals surface area contributed by atoms with Gasteiger partial charge in [0.05, 0.1) is 21.9 Å². The Labute approximate surface area is 122 Å². The van der Waals surface area contributed by atoms with Gasteiger partial charge in [0.1, 0.15) is 11.0 Å². The number of amides is 1. The number of aromatic nitrogens is 1. The fourth-order valence-corrected chi connectivity index (χ4v) is 2.18. The zero-order valence-corrected chi connectivity index (χ0v) is 12.2. The molecule has 1 heterocycles. The molecule has 1 aromatic carbocycles. The number of rotatable bonds is 2. The van der Waals surface area contributed by atoms with Crippen molar-refractivity contribution >= 4 is 39.1 Å². The van der Waals surface area contributed by atoms with Crippen molar-refractivity contribution in [3.63, 3.8) is 0 Å². The van der Waals surface area contributed by atoms with Gasteiger partial charge in [-0.15, -0.1) is 0 Å². The number of halogens is 3. The van der Waals surface area contributed by atoms with E-state index in [9.17, 15) is 9.18 Å². The summed E-state index contributed by atoms with van der Waals surface area (Å²) in [6.07, 6.45) is 1.46. The fraction of sp³-hybridized carbons (Fsp3) is 0.0769. The van der Waals surface area contributed by atoms with Crippen molar-refractivity contribution < 1.29 is 9.18 Å². The highest BCUT2D eigenvalue weighted by Gasteiger charge is 2.14. The first kappa shape index (κ1) is 14.0. The maximum absolute atomic E-state index is 13.4. The van der Waals surface area contributed by atoms with Crippen LogP contribution in [0.25, 0.3) is 0 Å². The number of benzene rings is 1. The SMILES string of the molecule is Cc1cc(Cl)ncc1NC(=O)c1cccc(F)c1Br. The van der Waals surface area contributed by atoms with Crippen LogP contribution in [0.2, 0.25) is 5.15 Å². The number of nitrogens with one attached hydrogen (secondary N) is 1. The Kier molecular flexibility index (Phi) is 4.17. The highest BCUT2D eigenvalue weighted by Crippen LogP contribution is 2.23. The Balaban J connectivity index is 2.28. The second-order valence-corrected chi connectivity index (χ2v) is 5.06. The van der Waals surface area contributed by atoms with Crippen molar-refractivity contribution in [2.24, 2.45) is 0 Å². The van der Waals surface area contributed by atoms with Crippen LogP contribution < -0.4 is 5.32 Å². The van der Waals surface area contributed by atoms with E-state index in [1.807, 2.05) is 0 Å². The summed E-state index contributed by atoms with van der Waals surface area (Å²) in [6, 6.07) is 5.91. The summed E-state index contributed by atoms with van der Waals surface area (Å²) in [5, 5.41) is 3.01. The summed E-state index contributed by atoms with van der Waals surface area (Å²) in [5.74, 6) is -0.905. The molecule has 0 aliphatic rings. The predicted octanol–water partition coefficient (Wildman–Crippen LogP) is 4.20. The first-order valence-electron chi connectivity index (χ1n) is 5.36. The number of aryl methyl sites for hydroxylation is 1. The van der Waals surface area contributed by atoms with Crippen LogP contribution in [-0.2, 0) is 0 Å². The van der Waals surface area contributed by atoms with E-state index in [4.69, 9.17) is 11.6 Å². The minimum atomic E-state index is -0.487. The molecule has 0 aliphatic heterocycles. The zero-order chi connectivity index (χ0) is 14.0. The van der Waals surface area contributed by atoms with Crippen molar-refractivity contribution in [1.29, 1.82) is 0 Å². The summed E-state index contributed by atoms with van der Waals surface area (Å²) in [6.45, 7) is 1.80. The van der Waals surface area contributed by atoms with E-state index in [1.54, 1.807) is 13.0 Å². The molecule has 0 unspecified atom stereocenters. The average Bonchev–Trinajstić information content (AvgIpc) is 2.36. The number of pyridine rings is 1. The van der Waals surface area contributed by atoms with E-state index in [2.05, 4.69) is 26.2 Å². The third-order valence-corrected chi connectivity index (χ3v) is 3.53. The first-order chi connectivity index (χ1) is 8.99. The summed E-state index contributed by atoms with van der Waals surface area (Å²) >= 11 is 8.79. The summed E-state index contributed by atoms with van der Waals surface area (Å²) in [7, 11) is 0. The van der Waals surface area contributed by atoms with Gasteiger partial charge in [-0.3, -0.25) is 4.79 Å². The standard InChI is InChI=1S/C13H9BrClFN2O/c1-7-5-11(15)17-6-10(7)18-13(19)8-3-2-4-9(16)12(8)14/h2-6H,1H3,(H,18,19). The maximum Gasteiger partial charge on any atom is 0.256 e. The Morgan fingerprint density at radius 1 is 1.47 bits per heavy atom. The third kappa shape index (κ3) is 3.11. The lowest BCUT2D eigenvalue weighted by Crippen LogP contribution is -2.14. The van der Waals surface area contributed by atoms with E-state index < -0.39 is 11.7 Å². The van der Waals surface area contributed by atoms with E-state index in [-0.39, 0.29) is 10.0 Å². The number of carbonyl (C=O) groups excluding carboxylic acids is 1. The smallest absolute Gasteiger partial charge is 0.256 e. The molecule has 6 heteroatoms. The average molecular weight is 344 g/mol. The summed E-state index contributed by atoms with van der Waals surface area (Å²) in [4.78, 5) is 15.9. The summed E-state index contributed by atoms with van der Waals surface area (Å²) in [5.41, 5.74) is 1.53. The molecule has 0 atom stereocenters. The van der Waals surface area contributed by atoms with Gasteiger partial charge < -0.3 is 5.32 Å². The molecule has 0 saturated heterocycles. The number of anilines is 1. The monoisotopic (exact) mass is 342 g/mol. The second-order valence-electron chi connectivity index (χ2n) is 3.88. The van der Waals surface area contributed by atoms with Gasteiger partial charge in [0, 0.05) is 0 Å². The van der Waals surface area contributed by atoms with Gasteiger partial charge >= 0.3 is 0 Å². The molecule has 19 heavy (non-hydrogen) atoms. The molecule has 0 spiro atoms. The second kappa shape index (κ2) is 5.67. The van der Waals surface area contributed by atoms with Crippen LogP contribution in [0.15, 0.2) is 34.9 Å². The maximum atomic E-state index is 13.4. The highest BCUT2D eigenvalue weighted by molar-refractivity contribution is 9.10. The molecular weight excluding hydrogens is 335 g/mol. The first-order valence-corrected chi connectivity index (χ1v) is 6.53. The van der Waals surface area contributed by atoms with E-state index in [0.717, 1.165) is 5.56 Å². The van der Waals surface area contributed by atoms with E-state index in [1.165, 1.54) is 24.4 Å². The topological polar surface area (TPSA) is 42.0 Å². The number of hydrogen-bond donors (Lipinski definition) is 1. The molecule has 0 fully saturated rings. The zero-order valence-electron chi connectivity index (χ0n) is 9.88. The molecule has 1 amide bonds. The minimum Gasteiger partial charge on any atom is -0.320 e. The molecular formula is C13H9BrClFN2O. The fourth-order valence-electron chi connectivity index (χ4n) is 1.52. The van der Waals surface area contributed by atoms with Gasteiger partial charge in [-0.1, -0.05) is 17.7 Å². The lowest BCUT2D eigenvalue weighted by atomic mass is 10.2. The molecule has 98 valence electrons. The molecule has 0 saturated carbocycles. The van der Waals surface area contributed by atoms with Crippen LogP contribution in [0.5, 0.6) is 0 Å². The normalized spacial score (nSPS) is 10.3. The molecule has 0 radical (unpaired) electrons. The number of nitrogens with zero attached hydrogens (tertiary/aromatic N) is 1. The minimum absolute atomic E-state index is 0.132. The Hall–Kier alpha value is -1.46. The van der Waals surface area contributed by atoms with Crippen LogP contribution >= 0.6 is 27.5 Å². The molecule has 1 aromatic heterocycles. The van der Waals surface area contributed by atoms with Crippen molar-refractivity contribution in [1.82, 2.24) is 4.98 Å². The van der Waals surface area contributed by atoms with Gasteiger partial charge in [-0.05, 0) is 46.6 Å². The lowest BCUT2D eigenvalue weighted by Gasteiger charge is -2.09.